The van der Waals surface area contributed by atoms with Gasteiger partial charge in [-0.3, -0.25) is 4.90 Å². The van der Waals surface area contributed by atoms with E-state index in [9.17, 15) is 0 Å². The monoisotopic (exact) mass is 284 g/mol. The number of nitrogens with zero attached hydrogens (tertiary/aromatic N) is 4. The van der Waals surface area contributed by atoms with Gasteiger partial charge in [0, 0.05) is 18.5 Å². The van der Waals surface area contributed by atoms with E-state index >= 15 is 0 Å². The zero-order valence-corrected chi connectivity index (χ0v) is 12.8. The van der Waals surface area contributed by atoms with Crippen LogP contribution in [-0.2, 0) is 13.1 Å². The maximum absolute atomic E-state index is 5.81. The van der Waals surface area contributed by atoms with Crippen LogP contribution in [0, 0.1) is 5.92 Å². The summed E-state index contributed by atoms with van der Waals surface area (Å²) in [7, 11) is 0. The van der Waals surface area contributed by atoms with Gasteiger partial charge in [-0.15, -0.1) is 11.6 Å². The number of halogens is 1. The van der Waals surface area contributed by atoms with E-state index in [0.29, 0.717) is 12.0 Å². The molecule has 1 unspecified atom stereocenters. The molecule has 2 rings (SSSR count). The van der Waals surface area contributed by atoms with Crippen LogP contribution in [0.15, 0.2) is 6.33 Å². The van der Waals surface area contributed by atoms with Crippen LogP contribution in [0.1, 0.15) is 45.4 Å². The van der Waals surface area contributed by atoms with Crippen LogP contribution in [-0.4, -0.2) is 38.1 Å². The highest BCUT2D eigenvalue weighted by Crippen LogP contribution is 2.23. The predicted octanol–water partition coefficient (Wildman–Crippen LogP) is 2.92. The van der Waals surface area contributed by atoms with Crippen molar-refractivity contribution in [1.29, 1.82) is 0 Å². The van der Waals surface area contributed by atoms with E-state index in [-0.39, 0.29) is 0 Å². The van der Waals surface area contributed by atoms with Crippen LogP contribution >= 0.6 is 11.6 Å². The van der Waals surface area contributed by atoms with Crippen LogP contribution in [0.25, 0.3) is 0 Å². The highest BCUT2D eigenvalue weighted by Gasteiger charge is 2.25. The summed E-state index contributed by atoms with van der Waals surface area (Å²) in [6, 6.07) is 0.683. The SMILES string of the molecule is CC(C)Cn1ncnc1CN1CCCC1CCCCl. The Morgan fingerprint density at radius 3 is 3.05 bits per heavy atom. The molecule has 0 N–H and O–H groups in total. The van der Waals surface area contributed by atoms with Crippen molar-refractivity contribution in [1.82, 2.24) is 19.7 Å². The molecule has 1 atom stereocenters. The average molecular weight is 285 g/mol. The van der Waals surface area contributed by atoms with E-state index in [2.05, 4.69) is 33.5 Å². The summed E-state index contributed by atoms with van der Waals surface area (Å²) in [6.45, 7) is 7.49. The molecular formula is C14H25ClN4. The molecule has 0 saturated carbocycles. The molecule has 1 aliphatic heterocycles. The maximum atomic E-state index is 5.81. The summed E-state index contributed by atoms with van der Waals surface area (Å²) in [5, 5.41) is 4.34. The fraction of sp³-hybridized carbons (Fsp3) is 0.857. The number of rotatable bonds is 7. The van der Waals surface area contributed by atoms with Gasteiger partial charge in [0.1, 0.15) is 12.2 Å². The molecule has 0 aliphatic carbocycles. The maximum Gasteiger partial charge on any atom is 0.141 e. The van der Waals surface area contributed by atoms with E-state index in [0.717, 1.165) is 31.2 Å². The Hall–Kier alpha value is -0.610. The minimum absolute atomic E-state index is 0.603. The van der Waals surface area contributed by atoms with Crippen molar-refractivity contribution < 1.29 is 0 Å². The van der Waals surface area contributed by atoms with Crippen molar-refractivity contribution in [3.8, 4) is 0 Å². The molecule has 0 radical (unpaired) electrons. The normalized spacial score (nSPS) is 20.5. The molecule has 19 heavy (non-hydrogen) atoms. The molecule has 1 fully saturated rings. The number of aromatic nitrogens is 3. The van der Waals surface area contributed by atoms with Gasteiger partial charge in [-0.05, 0) is 38.1 Å². The van der Waals surface area contributed by atoms with Gasteiger partial charge in [0.25, 0.3) is 0 Å². The molecule has 4 nitrogen and oxygen atoms in total. The van der Waals surface area contributed by atoms with Crippen molar-refractivity contribution in [2.24, 2.45) is 5.92 Å². The Kier molecular flexibility index (Phi) is 5.64. The molecular weight excluding hydrogens is 260 g/mol. The summed E-state index contributed by atoms with van der Waals surface area (Å²) in [6.07, 6.45) is 6.60. The highest BCUT2D eigenvalue weighted by atomic mass is 35.5. The molecule has 108 valence electrons. The second-order valence-corrected chi connectivity index (χ2v) is 6.23. The van der Waals surface area contributed by atoms with Crippen molar-refractivity contribution in [2.45, 2.75) is 58.7 Å². The molecule has 0 bridgehead atoms. The largest absolute Gasteiger partial charge is 0.293 e. The minimum atomic E-state index is 0.603. The van der Waals surface area contributed by atoms with Gasteiger partial charge >= 0.3 is 0 Å². The molecule has 0 spiro atoms. The quantitative estimate of drug-likeness (QED) is 0.722. The fourth-order valence-electron chi connectivity index (χ4n) is 2.83. The van der Waals surface area contributed by atoms with Gasteiger partial charge in [-0.1, -0.05) is 13.8 Å². The van der Waals surface area contributed by atoms with E-state index in [1.165, 1.54) is 25.8 Å². The van der Waals surface area contributed by atoms with Crippen LogP contribution < -0.4 is 0 Å². The van der Waals surface area contributed by atoms with Gasteiger partial charge in [0.15, 0.2) is 0 Å². The lowest BCUT2D eigenvalue weighted by atomic mass is 10.1. The summed E-state index contributed by atoms with van der Waals surface area (Å²) in [5.74, 6) is 2.48. The second kappa shape index (κ2) is 7.25. The van der Waals surface area contributed by atoms with E-state index in [4.69, 9.17) is 11.6 Å². The van der Waals surface area contributed by atoms with E-state index in [1.54, 1.807) is 6.33 Å². The predicted molar refractivity (Wildman–Crippen MR) is 78.2 cm³/mol. The molecule has 1 aromatic rings. The molecule has 1 aromatic heterocycles. The first-order valence-corrected chi connectivity index (χ1v) is 7.91. The third-order valence-corrected chi connectivity index (χ3v) is 4.02. The number of alkyl halides is 1. The summed E-state index contributed by atoms with van der Waals surface area (Å²) in [4.78, 5) is 6.98. The Bertz CT molecular complexity index is 377. The molecule has 1 aliphatic rings. The minimum Gasteiger partial charge on any atom is -0.293 e. The van der Waals surface area contributed by atoms with Gasteiger partial charge < -0.3 is 0 Å². The highest BCUT2D eigenvalue weighted by molar-refractivity contribution is 6.17. The number of likely N-dealkylation sites (tertiary alicyclic amines) is 1. The fourth-order valence-corrected chi connectivity index (χ4v) is 2.99. The molecule has 0 aromatic carbocycles. The van der Waals surface area contributed by atoms with Crippen LogP contribution in [0.3, 0.4) is 0 Å². The Balaban J connectivity index is 1.94. The molecule has 5 heteroatoms. The smallest absolute Gasteiger partial charge is 0.141 e. The van der Waals surface area contributed by atoms with Gasteiger partial charge in [0.2, 0.25) is 0 Å². The first-order chi connectivity index (χ1) is 9.20. The Morgan fingerprint density at radius 2 is 2.32 bits per heavy atom. The summed E-state index contributed by atoms with van der Waals surface area (Å²) in [5.41, 5.74) is 0. The molecule has 2 heterocycles. The lowest BCUT2D eigenvalue weighted by Gasteiger charge is -2.24. The van der Waals surface area contributed by atoms with Crippen LogP contribution in [0.2, 0.25) is 0 Å². The van der Waals surface area contributed by atoms with Crippen LogP contribution in [0.4, 0.5) is 0 Å². The van der Waals surface area contributed by atoms with Crippen LogP contribution in [0.5, 0.6) is 0 Å². The summed E-state index contributed by atoms with van der Waals surface area (Å²) >= 11 is 5.81. The number of hydrogen-bond acceptors (Lipinski definition) is 3. The Labute approximate surface area is 121 Å². The van der Waals surface area contributed by atoms with Crippen molar-refractivity contribution >= 4 is 11.6 Å². The lowest BCUT2D eigenvalue weighted by molar-refractivity contribution is 0.222. The zero-order chi connectivity index (χ0) is 13.7. The van der Waals surface area contributed by atoms with E-state index < -0.39 is 0 Å². The summed E-state index contributed by atoms with van der Waals surface area (Å²) < 4.78 is 2.06. The van der Waals surface area contributed by atoms with Crippen molar-refractivity contribution in [3.63, 3.8) is 0 Å². The van der Waals surface area contributed by atoms with E-state index in [1.807, 2.05) is 0 Å². The third kappa shape index (κ3) is 4.18. The van der Waals surface area contributed by atoms with Crippen molar-refractivity contribution in [3.05, 3.63) is 12.2 Å². The standard InChI is InChI=1S/C14H25ClN4/c1-12(2)9-19-14(16-11-17-19)10-18-8-4-6-13(18)5-3-7-15/h11-13H,3-10H2,1-2H3. The first kappa shape index (κ1) is 14.8. The molecule has 0 amide bonds. The topological polar surface area (TPSA) is 34.0 Å². The first-order valence-electron chi connectivity index (χ1n) is 7.37. The van der Waals surface area contributed by atoms with Gasteiger partial charge in [0.05, 0.1) is 6.54 Å². The third-order valence-electron chi connectivity index (χ3n) is 3.75. The lowest BCUT2D eigenvalue weighted by Crippen LogP contribution is -2.30. The van der Waals surface area contributed by atoms with Gasteiger partial charge in [-0.2, -0.15) is 5.10 Å². The van der Waals surface area contributed by atoms with Gasteiger partial charge in [-0.25, -0.2) is 9.67 Å². The molecule has 1 saturated heterocycles. The zero-order valence-electron chi connectivity index (χ0n) is 12.1. The van der Waals surface area contributed by atoms with Crippen molar-refractivity contribution in [2.75, 3.05) is 12.4 Å². The number of hydrogen-bond donors (Lipinski definition) is 0. The second-order valence-electron chi connectivity index (χ2n) is 5.85. The Morgan fingerprint density at radius 1 is 1.47 bits per heavy atom. The average Bonchev–Trinajstić information content (AvgIpc) is 2.97.